The number of nitrogens with two attached hydrogens (primary N) is 1. The summed E-state index contributed by atoms with van der Waals surface area (Å²) in [7, 11) is 0. The van der Waals surface area contributed by atoms with Crippen molar-refractivity contribution in [3.05, 3.63) is 16.9 Å². The molecule has 2 rings (SSSR count). The average molecular weight is 257 g/mol. The largest absolute Gasteiger partial charge is 0.353 e. The number of anilines is 1. The summed E-state index contributed by atoms with van der Waals surface area (Å²) >= 11 is 3.28. The molecule has 1 aromatic heterocycles. The van der Waals surface area contributed by atoms with Crippen molar-refractivity contribution in [2.45, 2.75) is 18.9 Å². The summed E-state index contributed by atoms with van der Waals surface area (Å²) in [5, 5.41) is 3.12. The maximum atomic E-state index is 5.93. The van der Waals surface area contributed by atoms with E-state index in [0.29, 0.717) is 11.9 Å². The fourth-order valence-electron chi connectivity index (χ4n) is 1.30. The smallest absolute Gasteiger partial charge is 0.222 e. The summed E-state index contributed by atoms with van der Waals surface area (Å²) < 4.78 is 0.884. The third-order valence-electron chi connectivity index (χ3n) is 2.34. The Labute approximate surface area is 91.4 Å². The number of nitrogens with zero attached hydrogens (tertiary/aromatic N) is 2. The van der Waals surface area contributed by atoms with E-state index in [1.807, 2.05) is 0 Å². The summed E-state index contributed by atoms with van der Waals surface area (Å²) in [6.07, 6.45) is 5.98. The van der Waals surface area contributed by atoms with Crippen LogP contribution >= 0.6 is 15.9 Å². The molecule has 0 bridgehead atoms. The highest BCUT2D eigenvalue weighted by atomic mass is 79.9. The van der Waals surface area contributed by atoms with Gasteiger partial charge >= 0.3 is 0 Å². The Morgan fingerprint density at radius 2 is 2.14 bits per heavy atom. The van der Waals surface area contributed by atoms with Crippen LogP contribution in [0.15, 0.2) is 16.9 Å². The summed E-state index contributed by atoms with van der Waals surface area (Å²) in [4.78, 5) is 8.21. The van der Waals surface area contributed by atoms with Crippen LogP contribution in [0.25, 0.3) is 0 Å². The van der Waals surface area contributed by atoms with Crippen molar-refractivity contribution in [3.63, 3.8) is 0 Å². The second-order valence-corrected chi connectivity index (χ2v) is 4.52. The van der Waals surface area contributed by atoms with E-state index in [1.165, 1.54) is 12.8 Å². The normalized spacial score (nSPS) is 17.9. The molecule has 0 aromatic carbocycles. The van der Waals surface area contributed by atoms with E-state index in [-0.39, 0.29) is 6.04 Å². The molecule has 76 valence electrons. The van der Waals surface area contributed by atoms with Crippen LogP contribution in [0.1, 0.15) is 12.8 Å². The van der Waals surface area contributed by atoms with Crippen LogP contribution in [0.3, 0.4) is 0 Å². The fourth-order valence-corrected chi connectivity index (χ4v) is 1.51. The molecular formula is C9H13BrN4. The minimum atomic E-state index is 0.238. The van der Waals surface area contributed by atoms with Crippen molar-refractivity contribution in [2.24, 2.45) is 11.7 Å². The van der Waals surface area contributed by atoms with Crippen molar-refractivity contribution >= 4 is 21.9 Å². The summed E-state index contributed by atoms with van der Waals surface area (Å²) in [6, 6.07) is 0.238. The van der Waals surface area contributed by atoms with Crippen molar-refractivity contribution in [1.82, 2.24) is 9.97 Å². The minimum Gasteiger partial charge on any atom is -0.353 e. The van der Waals surface area contributed by atoms with Gasteiger partial charge in [-0.05, 0) is 34.7 Å². The highest BCUT2D eigenvalue weighted by Crippen LogP contribution is 2.31. The van der Waals surface area contributed by atoms with Gasteiger partial charge in [0.1, 0.15) is 0 Å². The molecule has 1 fully saturated rings. The Morgan fingerprint density at radius 3 is 2.71 bits per heavy atom. The number of hydrogen-bond acceptors (Lipinski definition) is 4. The molecule has 14 heavy (non-hydrogen) atoms. The van der Waals surface area contributed by atoms with Gasteiger partial charge in [-0.2, -0.15) is 0 Å². The van der Waals surface area contributed by atoms with Gasteiger partial charge in [0.2, 0.25) is 5.95 Å². The number of nitrogens with one attached hydrogen (secondary N) is 1. The topological polar surface area (TPSA) is 63.8 Å². The highest BCUT2D eigenvalue weighted by molar-refractivity contribution is 9.10. The molecule has 0 aliphatic heterocycles. The Bertz CT molecular complexity index is 296. The first-order valence-corrected chi connectivity index (χ1v) is 5.52. The van der Waals surface area contributed by atoms with Crippen LogP contribution in [0, 0.1) is 5.92 Å². The Balaban J connectivity index is 1.82. The molecule has 4 nitrogen and oxygen atoms in total. The first-order valence-electron chi connectivity index (χ1n) is 4.72. The van der Waals surface area contributed by atoms with Crippen LogP contribution in [0.4, 0.5) is 5.95 Å². The molecule has 0 amide bonds. The SMILES string of the molecule is NC(CNc1ncc(Br)cn1)C1CC1. The van der Waals surface area contributed by atoms with Crippen molar-refractivity contribution in [2.75, 3.05) is 11.9 Å². The lowest BCUT2D eigenvalue weighted by Crippen LogP contribution is -2.31. The van der Waals surface area contributed by atoms with Gasteiger partial charge in [0.05, 0.1) is 4.47 Å². The second kappa shape index (κ2) is 4.23. The standard InChI is InChI=1S/C9H13BrN4/c10-7-3-12-9(13-4-7)14-5-8(11)6-1-2-6/h3-4,6,8H,1-2,5,11H2,(H,12,13,14). The number of aromatic nitrogens is 2. The number of halogens is 1. The van der Waals surface area contributed by atoms with E-state index < -0.39 is 0 Å². The Kier molecular flexibility index (Phi) is 2.98. The van der Waals surface area contributed by atoms with Crippen LogP contribution < -0.4 is 11.1 Å². The summed E-state index contributed by atoms with van der Waals surface area (Å²) in [5.74, 6) is 1.35. The third-order valence-corrected chi connectivity index (χ3v) is 2.75. The van der Waals surface area contributed by atoms with Crippen molar-refractivity contribution < 1.29 is 0 Å². The van der Waals surface area contributed by atoms with Crippen LogP contribution in [0.5, 0.6) is 0 Å². The zero-order valence-corrected chi connectivity index (χ0v) is 9.37. The van der Waals surface area contributed by atoms with E-state index in [1.54, 1.807) is 12.4 Å². The molecule has 0 spiro atoms. The lowest BCUT2D eigenvalue weighted by atomic mass is 10.2. The molecule has 1 saturated carbocycles. The van der Waals surface area contributed by atoms with Gasteiger partial charge in [0, 0.05) is 25.0 Å². The molecular weight excluding hydrogens is 244 g/mol. The first kappa shape index (κ1) is 9.86. The molecule has 3 N–H and O–H groups in total. The molecule has 5 heteroatoms. The fraction of sp³-hybridized carbons (Fsp3) is 0.556. The van der Waals surface area contributed by atoms with Gasteiger partial charge in [0.25, 0.3) is 0 Å². The van der Waals surface area contributed by atoms with E-state index in [2.05, 4.69) is 31.2 Å². The van der Waals surface area contributed by atoms with Gasteiger partial charge in [-0.1, -0.05) is 0 Å². The second-order valence-electron chi connectivity index (χ2n) is 3.61. The number of hydrogen-bond donors (Lipinski definition) is 2. The zero-order chi connectivity index (χ0) is 9.97. The third kappa shape index (κ3) is 2.65. The van der Waals surface area contributed by atoms with E-state index in [0.717, 1.165) is 11.0 Å². The zero-order valence-electron chi connectivity index (χ0n) is 7.78. The predicted molar refractivity (Wildman–Crippen MR) is 58.9 cm³/mol. The van der Waals surface area contributed by atoms with E-state index in [4.69, 9.17) is 5.73 Å². The molecule has 1 aromatic rings. The first-order chi connectivity index (χ1) is 6.75. The van der Waals surface area contributed by atoms with Gasteiger partial charge in [0.15, 0.2) is 0 Å². The van der Waals surface area contributed by atoms with E-state index >= 15 is 0 Å². The van der Waals surface area contributed by atoms with Crippen molar-refractivity contribution in [1.29, 1.82) is 0 Å². The Hall–Kier alpha value is -0.680. The summed E-state index contributed by atoms with van der Waals surface area (Å²) in [5.41, 5.74) is 5.93. The van der Waals surface area contributed by atoms with Crippen LogP contribution in [-0.2, 0) is 0 Å². The predicted octanol–water partition coefficient (Wildman–Crippen LogP) is 1.39. The maximum Gasteiger partial charge on any atom is 0.222 e. The molecule has 1 aliphatic carbocycles. The number of rotatable bonds is 4. The molecule has 1 atom stereocenters. The molecule has 1 heterocycles. The lowest BCUT2D eigenvalue weighted by Gasteiger charge is -2.10. The van der Waals surface area contributed by atoms with Gasteiger partial charge in [-0.25, -0.2) is 9.97 Å². The van der Waals surface area contributed by atoms with Gasteiger partial charge in [-0.3, -0.25) is 0 Å². The van der Waals surface area contributed by atoms with Crippen LogP contribution in [-0.4, -0.2) is 22.6 Å². The highest BCUT2D eigenvalue weighted by Gasteiger charge is 2.28. The molecule has 0 saturated heterocycles. The minimum absolute atomic E-state index is 0.238. The summed E-state index contributed by atoms with van der Waals surface area (Å²) in [6.45, 7) is 0.756. The van der Waals surface area contributed by atoms with Gasteiger partial charge in [-0.15, -0.1) is 0 Å². The maximum absolute atomic E-state index is 5.93. The quantitative estimate of drug-likeness (QED) is 0.855. The monoisotopic (exact) mass is 256 g/mol. The lowest BCUT2D eigenvalue weighted by molar-refractivity contribution is 0.618. The molecule has 1 aliphatic rings. The average Bonchev–Trinajstić information content (AvgIpc) is 3.00. The molecule has 0 radical (unpaired) electrons. The van der Waals surface area contributed by atoms with Gasteiger partial charge < -0.3 is 11.1 Å². The van der Waals surface area contributed by atoms with E-state index in [9.17, 15) is 0 Å². The Morgan fingerprint density at radius 1 is 1.50 bits per heavy atom. The van der Waals surface area contributed by atoms with Crippen molar-refractivity contribution in [3.8, 4) is 0 Å². The van der Waals surface area contributed by atoms with Crippen LogP contribution in [0.2, 0.25) is 0 Å². The molecule has 1 unspecified atom stereocenters.